The first kappa shape index (κ1) is 31.1. The summed E-state index contributed by atoms with van der Waals surface area (Å²) in [5.74, 6) is -2.66. The summed E-state index contributed by atoms with van der Waals surface area (Å²) in [4.78, 5) is 67.8. The second-order valence-corrected chi connectivity index (χ2v) is 11.9. The predicted octanol–water partition coefficient (Wildman–Crippen LogP) is 0.404. The van der Waals surface area contributed by atoms with E-state index in [1.807, 2.05) is 0 Å². The lowest BCUT2D eigenvalue weighted by atomic mass is 10.0. The first-order valence-corrected chi connectivity index (χ1v) is 15.5. The van der Waals surface area contributed by atoms with Gasteiger partial charge in [-0.15, -0.1) is 28.5 Å². The summed E-state index contributed by atoms with van der Waals surface area (Å²) < 4.78 is 6.80. The molecule has 0 radical (unpaired) electrons. The molecule has 5 rings (SSSR count). The van der Waals surface area contributed by atoms with E-state index in [4.69, 9.17) is 16.3 Å². The smallest absolute Gasteiger partial charge is 0.352 e. The number of hydrogen-bond acceptors (Lipinski definition) is 11. The van der Waals surface area contributed by atoms with Crippen LogP contribution in [0.1, 0.15) is 17.3 Å². The molecule has 0 bridgehead atoms. The molecule has 0 saturated carbocycles. The standard InChI is InChI=1S/C26H25ClN8O7S2/c1-34-26(31-32-33-34)44-12-14-11-43-24-20(23(39)35(24)21(14)25(40)41)30-22(38)19(13-5-3-2-4-6-13)29-18(37)10-42-17-9-28-15(8-27)7-16(17)36/h2-7,9,19-20,24H,8,10-12H2,1H3,(H,28,36)(H,29,37)(H,30,38)(H,40,41)/t19?,20?,24-/m0/s1. The molecule has 1 aromatic carbocycles. The molecule has 0 aliphatic carbocycles. The number of ether oxygens (including phenoxy) is 1. The Morgan fingerprint density at radius 3 is 2.70 bits per heavy atom. The minimum absolute atomic E-state index is 0.0976. The van der Waals surface area contributed by atoms with Gasteiger partial charge in [0.2, 0.25) is 16.5 Å². The van der Waals surface area contributed by atoms with Gasteiger partial charge < -0.3 is 25.5 Å². The van der Waals surface area contributed by atoms with E-state index < -0.39 is 53.2 Å². The zero-order chi connectivity index (χ0) is 31.4. The van der Waals surface area contributed by atoms with E-state index in [-0.39, 0.29) is 23.1 Å². The fourth-order valence-corrected chi connectivity index (χ4v) is 7.00. The number of amides is 3. The number of fused-ring (bicyclic) bond motifs is 1. The van der Waals surface area contributed by atoms with E-state index in [2.05, 4.69) is 31.1 Å². The lowest BCUT2D eigenvalue weighted by Gasteiger charge is -2.49. The number of halogens is 1. The molecular formula is C26H25ClN8O7S2. The highest BCUT2D eigenvalue weighted by Crippen LogP contribution is 2.41. The number of carbonyl (C=O) groups excluding carboxylic acids is 3. The Morgan fingerprint density at radius 2 is 2.05 bits per heavy atom. The van der Waals surface area contributed by atoms with Gasteiger partial charge in [0, 0.05) is 36.5 Å². The van der Waals surface area contributed by atoms with Gasteiger partial charge >= 0.3 is 5.97 Å². The summed E-state index contributed by atoms with van der Waals surface area (Å²) in [5.41, 5.74) is 0.840. The second-order valence-electron chi connectivity index (χ2n) is 9.55. The van der Waals surface area contributed by atoms with Crippen LogP contribution in [0.2, 0.25) is 0 Å². The summed E-state index contributed by atoms with van der Waals surface area (Å²) in [6, 6.07) is 7.40. The molecule has 2 aliphatic rings. The highest BCUT2D eigenvalue weighted by Gasteiger charge is 2.54. The third-order valence-corrected chi connectivity index (χ3v) is 9.37. The number of carboxylic acid groups (broad SMARTS) is 1. The van der Waals surface area contributed by atoms with Crippen LogP contribution in [0.5, 0.6) is 5.75 Å². The van der Waals surface area contributed by atoms with E-state index in [9.17, 15) is 29.1 Å². The average molecular weight is 661 g/mol. The van der Waals surface area contributed by atoms with Crippen molar-refractivity contribution in [2.24, 2.45) is 7.05 Å². The molecule has 3 atom stereocenters. The Morgan fingerprint density at radius 1 is 1.27 bits per heavy atom. The Labute approximate surface area is 262 Å². The Kier molecular flexibility index (Phi) is 9.55. The molecule has 4 N–H and O–H groups in total. The first-order chi connectivity index (χ1) is 21.2. The van der Waals surface area contributed by atoms with Gasteiger partial charge in [-0.05, 0) is 21.6 Å². The van der Waals surface area contributed by atoms with E-state index in [0.717, 1.165) is 0 Å². The minimum atomic E-state index is -1.26. The molecule has 44 heavy (non-hydrogen) atoms. The number of nitrogens with zero attached hydrogens (tertiary/aromatic N) is 5. The largest absolute Gasteiger partial charge is 0.478 e. The van der Waals surface area contributed by atoms with Crippen LogP contribution in [-0.4, -0.2) is 88.4 Å². The third-order valence-electron chi connectivity index (χ3n) is 6.64. The summed E-state index contributed by atoms with van der Waals surface area (Å²) in [6.07, 6.45) is 1.29. The van der Waals surface area contributed by atoms with Gasteiger partial charge in [0.15, 0.2) is 12.4 Å². The van der Waals surface area contributed by atoms with E-state index in [1.165, 1.54) is 45.4 Å². The van der Waals surface area contributed by atoms with Crippen LogP contribution in [0.15, 0.2) is 63.8 Å². The fraction of sp³-hybridized carbons (Fsp3) is 0.308. The predicted molar refractivity (Wildman–Crippen MR) is 159 cm³/mol. The maximum atomic E-state index is 13.5. The van der Waals surface area contributed by atoms with Crippen LogP contribution < -0.4 is 20.8 Å². The number of rotatable bonds is 12. The molecule has 4 heterocycles. The minimum Gasteiger partial charge on any atom is -0.478 e. The topological polar surface area (TPSA) is 201 Å². The van der Waals surface area contributed by atoms with Crippen molar-refractivity contribution in [3.05, 3.63) is 75.3 Å². The molecule has 15 nitrogen and oxygen atoms in total. The molecule has 2 unspecified atom stereocenters. The average Bonchev–Trinajstić information content (AvgIpc) is 3.44. The first-order valence-electron chi connectivity index (χ1n) is 13.0. The lowest BCUT2D eigenvalue weighted by Crippen LogP contribution is -2.71. The van der Waals surface area contributed by atoms with Crippen molar-refractivity contribution in [1.82, 2.24) is 40.7 Å². The van der Waals surface area contributed by atoms with Crippen molar-refractivity contribution in [2.75, 3.05) is 18.1 Å². The SMILES string of the molecule is Cn1nnnc1SCC1=C(C(=O)O)N2C(=O)C(NC(=O)C(NC(=O)COc3c[nH]c(CCl)cc3=O)c3ccccc3)[C@@H]2SC1. The number of carbonyl (C=O) groups is 4. The van der Waals surface area contributed by atoms with Gasteiger partial charge in [0.05, 0.1) is 5.88 Å². The number of H-pyrrole nitrogens is 1. The number of hydrogen-bond donors (Lipinski definition) is 4. The van der Waals surface area contributed by atoms with E-state index in [0.29, 0.717) is 27.7 Å². The number of aromatic amines is 1. The van der Waals surface area contributed by atoms with Crippen LogP contribution in [0.25, 0.3) is 0 Å². The molecule has 1 fully saturated rings. The summed E-state index contributed by atoms with van der Waals surface area (Å²) in [6.45, 7) is -0.563. The number of benzene rings is 1. The zero-order valence-corrected chi connectivity index (χ0v) is 25.3. The molecule has 3 aromatic rings. The second kappa shape index (κ2) is 13.5. The van der Waals surface area contributed by atoms with Crippen LogP contribution in [0.3, 0.4) is 0 Å². The highest BCUT2D eigenvalue weighted by molar-refractivity contribution is 8.01. The molecule has 230 valence electrons. The summed E-state index contributed by atoms with van der Waals surface area (Å²) in [7, 11) is 1.66. The van der Waals surface area contributed by atoms with Gasteiger partial charge in [-0.3, -0.25) is 24.1 Å². The number of aliphatic carboxylic acids is 1. The Bertz CT molecular complexity index is 1680. The number of tetrazole rings is 1. The number of β-lactam (4-membered cyclic amide) rings is 1. The third kappa shape index (κ3) is 6.58. The van der Waals surface area contributed by atoms with E-state index in [1.54, 1.807) is 37.4 Å². The van der Waals surface area contributed by atoms with Crippen molar-refractivity contribution < 1.29 is 29.0 Å². The lowest BCUT2D eigenvalue weighted by molar-refractivity contribution is -0.151. The fourth-order valence-electron chi connectivity index (χ4n) is 4.51. The van der Waals surface area contributed by atoms with E-state index >= 15 is 0 Å². The Balaban J connectivity index is 1.26. The van der Waals surface area contributed by atoms with Gasteiger partial charge in [-0.25, -0.2) is 9.48 Å². The van der Waals surface area contributed by atoms with Gasteiger partial charge in [-0.2, -0.15) is 0 Å². The number of thioether (sulfide) groups is 2. The zero-order valence-electron chi connectivity index (χ0n) is 22.9. The van der Waals surface area contributed by atoms with Crippen molar-refractivity contribution in [2.45, 2.75) is 28.5 Å². The number of aromatic nitrogens is 5. The molecule has 1 saturated heterocycles. The summed E-state index contributed by atoms with van der Waals surface area (Å²) in [5, 5.41) is 26.2. The summed E-state index contributed by atoms with van der Waals surface area (Å²) >= 11 is 8.27. The van der Waals surface area contributed by atoms with Gasteiger partial charge in [0.1, 0.15) is 23.2 Å². The molecule has 3 amide bonds. The monoisotopic (exact) mass is 660 g/mol. The molecular weight excluding hydrogens is 636 g/mol. The van der Waals surface area contributed by atoms with Gasteiger partial charge in [0.25, 0.3) is 11.8 Å². The number of nitrogens with one attached hydrogen (secondary N) is 3. The maximum Gasteiger partial charge on any atom is 0.352 e. The van der Waals surface area contributed by atoms with Crippen molar-refractivity contribution >= 4 is 58.8 Å². The molecule has 2 aromatic heterocycles. The number of aryl methyl sites for hydroxylation is 1. The Hall–Kier alpha value is -4.35. The molecule has 0 spiro atoms. The maximum absolute atomic E-state index is 13.5. The van der Waals surface area contributed by atoms with Crippen LogP contribution in [0, 0.1) is 0 Å². The van der Waals surface area contributed by atoms with Crippen LogP contribution in [0.4, 0.5) is 0 Å². The van der Waals surface area contributed by atoms with Crippen LogP contribution in [-0.2, 0) is 32.1 Å². The number of carboxylic acids is 1. The highest BCUT2D eigenvalue weighted by atomic mass is 35.5. The molecule has 2 aliphatic heterocycles. The quantitative estimate of drug-likeness (QED) is 0.119. The van der Waals surface area contributed by atoms with Crippen molar-refractivity contribution in [1.29, 1.82) is 0 Å². The normalized spacial score (nSPS) is 18.2. The number of alkyl halides is 1. The number of pyridine rings is 1. The molecule has 18 heteroatoms. The van der Waals surface area contributed by atoms with Crippen molar-refractivity contribution in [3.63, 3.8) is 0 Å². The van der Waals surface area contributed by atoms with Crippen LogP contribution >= 0.6 is 35.1 Å². The van der Waals surface area contributed by atoms with Gasteiger partial charge in [-0.1, -0.05) is 42.1 Å². The van der Waals surface area contributed by atoms with Crippen molar-refractivity contribution in [3.8, 4) is 5.75 Å².